The number of carbonyl (C=O) groups excluding carboxylic acids is 1. The van der Waals surface area contributed by atoms with Crippen LogP contribution in [0.2, 0.25) is 0 Å². The highest BCUT2D eigenvalue weighted by Crippen LogP contribution is 2.29. The van der Waals surface area contributed by atoms with E-state index in [-0.39, 0.29) is 17.3 Å². The first-order valence-electron chi connectivity index (χ1n) is 8.45. The lowest BCUT2D eigenvalue weighted by molar-refractivity contribution is 0.0935. The minimum Gasteiger partial charge on any atom is -0.459 e. The van der Waals surface area contributed by atoms with Crippen LogP contribution in [-0.4, -0.2) is 20.9 Å². The van der Waals surface area contributed by atoms with Gasteiger partial charge in [0.25, 0.3) is 0 Å². The van der Waals surface area contributed by atoms with Gasteiger partial charge in [0.05, 0.1) is 11.8 Å². The van der Waals surface area contributed by atoms with Crippen molar-refractivity contribution in [1.82, 2.24) is 20.4 Å². The van der Waals surface area contributed by atoms with Crippen LogP contribution in [-0.2, 0) is 0 Å². The molecule has 0 saturated carbocycles. The number of benzene rings is 1. The molecule has 28 heavy (non-hydrogen) atoms. The summed E-state index contributed by atoms with van der Waals surface area (Å²) in [4.78, 5) is 24.7. The van der Waals surface area contributed by atoms with E-state index < -0.39 is 5.91 Å². The zero-order valence-electron chi connectivity index (χ0n) is 14.9. The van der Waals surface area contributed by atoms with Crippen molar-refractivity contribution in [3.63, 3.8) is 0 Å². The van der Waals surface area contributed by atoms with Crippen molar-refractivity contribution < 1.29 is 9.21 Å². The van der Waals surface area contributed by atoms with Gasteiger partial charge in [-0.2, -0.15) is 0 Å². The maximum Gasteiger partial charge on any atom is 0.305 e. The van der Waals surface area contributed by atoms with Gasteiger partial charge in [0, 0.05) is 16.8 Å². The lowest BCUT2D eigenvalue weighted by Crippen LogP contribution is -2.30. The van der Waals surface area contributed by atoms with Crippen molar-refractivity contribution in [2.45, 2.75) is 6.92 Å². The number of hydrazine groups is 1. The second kappa shape index (κ2) is 7.23. The van der Waals surface area contributed by atoms with Crippen LogP contribution < -0.4 is 21.9 Å². The number of nitrogens with zero attached hydrogens (tertiary/aromatic N) is 3. The predicted molar refractivity (Wildman–Crippen MR) is 106 cm³/mol. The summed E-state index contributed by atoms with van der Waals surface area (Å²) in [5.74, 6) is 0.370. The van der Waals surface area contributed by atoms with Crippen LogP contribution in [0.5, 0.6) is 0 Å². The minimum atomic E-state index is -0.451. The molecule has 4 rings (SSSR count). The lowest BCUT2D eigenvalue weighted by Gasteiger charge is -2.14. The van der Waals surface area contributed by atoms with Crippen molar-refractivity contribution in [3.8, 4) is 0 Å². The maximum absolute atomic E-state index is 12.0. The third-order valence-corrected chi connectivity index (χ3v) is 4.05. The first-order chi connectivity index (χ1) is 13.6. The Balaban J connectivity index is 1.56. The molecule has 0 fully saturated rings. The Morgan fingerprint density at radius 1 is 1.07 bits per heavy atom. The van der Waals surface area contributed by atoms with Crippen LogP contribution in [0.4, 0.5) is 23.0 Å². The van der Waals surface area contributed by atoms with E-state index in [1.54, 1.807) is 12.1 Å². The molecule has 9 nitrogen and oxygen atoms in total. The van der Waals surface area contributed by atoms with Crippen molar-refractivity contribution in [2.75, 3.05) is 16.5 Å². The van der Waals surface area contributed by atoms with Crippen LogP contribution in [0.15, 0.2) is 59.5 Å². The molecule has 3 heterocycles. The molecule has 0 saturated heterocycles. The van der Waals surface area contributed by atoms with E-state index in [1.165, 1.54) is 12.6 Å². The number of anilines is 4. The second-order valence-electron chi connectivity index (χ2n) is 5.99. The van der Waals surface area contributed by atoms with E-state index >= 15 is 0 Å². The zero-order chi connectivity index (χ0) is 19.5. The van der Waals surface area contributed by atoms with E-state index in [2.05, 4.69) is 31.1 Å². The summed E-state index contributed by atoms with van der Waals surface area (Å²) < 4.78 is 5.03. The highest BCUT2D eigenvalue weighted by Gasteiger charge is 2.12. The minimum absolute atomic E-state index is 0.164. The summed E-state index contributed by atoms with van der Waals surface area (Å²) in [5, 5.41) is 4.14. The highest BCUT2D eigenvalue weighted by atomic mass is 16.3. The molecule has 4 aromatic rings. The maximum atomic E-state index is 12.0. The average molecular weight is 375 g/mol. The molecule has 1 aromatic carbocycles. The molecule has 0 atom stereocenters. The Labute approximate surface area is 160 Å². The van der Waals surface area contributed by atoms with Gasteiger partial charge in [0.15, 0.2) is 17.4 Å². The Hall–Kier alpha value is -4.14. The van der Waals surface area contributed by atoms with Gasteiger partial charge >= 0.3 is 5.91 Å². The van der Waals surface area contributed by atoms with Gasteiger partial charge < -0.3 is 15.5 Å². The fraction of sp³-hybridized carbons (Fsp3) is 0.0526. The number of carbonyl (C=O) groups is 1. The number of aromatic nitrogens is 3. The first kappa shape index (κ1) is 17.3. The van der Waals surface area contributed by atoms with E-state index in [1.807, 2.05) is 37.3 Å². The van der Waals surface area contributed by atoms with Gasteiger partial charge in [-0.1, -0.05) is 6.07 Å². The smallest absolute Gasteiger partial charge is 0.305 e. The Morgan fingerprint density at radius 2 is 1.93 bits per heavy atom. The zero-order valence-corrected chi connectivity index (χ0v) is 14.9. The molecule has 0 bridgehead atoms. The van der Waals surface area contributed by atoms with Crippen molar-refractivity contribution in [2.24, 2.45) is 0 Å². The second-order valence-corrected chi connectivity index (χ2v) is 5.99. The Bertz CT molecular complexity index is 1140. The number of amides is 1. The van der Waals surface area contributed by atoms with Crippen LogP contribution >= 0.6 is 0 Å². The molecule has 0 spiro atoms. The van der Waals surface area contributed by atoms with Gasteiger partial charge in [0.2, 0.25) is 0 Å². The van der Waals surface area contributed by atoms with Gasteiger partial charge in [0.1, 0.15) is 12.0 Å². The lowest BCUT2D eigenvalue weighted by atomic mass is 10.1. The van der Waals surface area contributed by atoms with Crippen molar-refractivity contribution in [1.29, 1.82) is 0 Å². The number of nitrogens with one attached hydrogen (secondary N) is 3. The standard InChI is InChI=1S/C19H17N7O2/c1-11-7-8-12-13(23-11)4-2-5-14(12)24-17-16(20)18(22-10-21-17)25-26-19(27)15-6-3-9-28-15/h2-10H,20H2,1H3,(H,26,27)(H2,21,22,24,25). The fourth-order valence-corrected chi connectivity index (χ4v) is 2.67. The van der Waals surface area contributed by atoms with Crippen LogP contribution in [0.3, 0.4) is 0 Å². The fourth-order valence-electron chi connectivity index (χ4n) is 2.67. The number of fused-ring (bicyclic) bond motifs is 1. The third-order valence-electron chi connectivity index (χ3n) is 4.05. The molecule has 1 amide bonds. The van der Waals surface area contributed by atoms with Crippen LogP contribution in [0, 0.1) is 6.92 Å². The highest BCUT2D eigenvalue weighted by molar-refractivity contribution is 5.95. The molecule has 0 aliphatic rings. The van der Waals surface area contributed by atoms with E-state index in [4.69, 9.17) is 10.2 Å². The normalized spacial score (nSPS) is 10.6. The Kier molecular flexibility index (Phi) is 4.47. The molecular formula is C19H17N7O2. The Morgan fingerprint density at radius 3 is 2.75 bits per heavy atom. The number of rotatable bonds is 5. The first-order valence-corrected chi connectivity index (χ1v) is 8.45. The number of nitrogen functional groups attached to an aromatic ring is 1. The molecule has 0 radical (unpaired) electrons. The molecule has 140 valence electrons. The third kappa shape index (κ3) is 3.40. The van der Waals surface area contributed by atoms with Gasteiger partial charge in [-0.15, -0.1) is 0 Å². The predicted octanol–water partition coefficient (Wildman–Crippen LogP) is 3.01. The summed E-state index contributed by atoms with van der Waals surface area (Å²) >= 11 is 0. The molecule has 9 heteroatoms. The van der Waals surface area contributed by atoms with Crippen LogP contribution in [0.1, 0.15) is 16.2 Å². The monoisotopic (exact) mass is 375 g/mol. The van der Waals surface area contributed by atoms with Gasteiger partial charge in [-0.05, 0) is 43.3 Å². The quantitative estimate of drug-likeness (QED) is 0.392. The molecule has 0 aliphatic heterocycles. The van der Waals surface area contributed by atoms with Gasteiger partial charge in [-0.25, -0.2) is 9.97 Å². The summed E-state index contributed by atoms with van der Waals surface area (Å²) in [6.07, 6.45) is 2.75. The summed E-state index contributed by atoms with van der Waals surface area (Å²) in [6.45, 7) is 1.94. The molecule has 0 unspecified atom stereocenters. The number of hydrogen-bond donors (Lipinski definition) is 4. The molecule has 0 aliphatic carbocycles. The number of aryl methyl sites for hydroxylation is 1. The van der Waals surface area contributed by atoms with E-state index in [0.717, 1.165) is 22.3 Å². The topological polar surface area (TPSA) is 131 Å². The summed E-state index contributed by atoms with van der Waals surface area (Å²) in [7, 11) is 0. The number of furan rings is 1. The SMILES string of the molecule is Cc1ccc2c(Nc3ncnc(NNC(=O)c4ccco4)c3N)cccc2n1. The average Bonchev–Trinajstić information content (AvgIpc) is 3.23. The number of pyridine rings is 1. The van der Waals surface area contributed by atoms with Crippen LogP contribution in [0.25, 0.3) is 10.9 Å². The van der Waals surface area contributed by atoms with E-state index in [0.29, 0.717) is 5.82 Å². The van der Waals surface area contributed by atoms with Crippen molar-refractivity contribution in [3.05, 3.63) is 66.5 Å². The largest absolute Gasteiger partial charge is 0.459 e. The molecule has 5 N–H and O–H groups in total. The van der Waals surface area contributed by atoms with Gasteiger partial charge in [-0.3, -0.25) is 20.6 Å². The summed E-state index contributed by atoms with van der Waals surface area (Å²) in [6, 6.07) is 12.8. The molecule has 3 aromatic heterocycles. The number of nitrogens with two attached hydrogens (primary N) is 1. The number of hydrogen-bond acceptors (Lipinski definition) is 8. The molecular weight excluding hydrogens is 358 g/mol. The van der Waals surface area contributed by atoms with Crippen molar-refractivity contribution >= 4 is 39.8 Å². The summed E-state index contributed by atoms with van der Waals surface area (Å²) in [5.41, 5.74) is 14.2. The van der Waals surface area contributed by atoms with E-state index in [9.17, 15) is 4.79 Å².